The number of carbonyl (C=O) groups excluding carboxylic acids is 1. The molecule has 1 aliphatic heterocycles. The van der Waals surface area contributed by atoms with Gasteiger partial charge in [0.25, 0.3) is 0 Å². The van der Waals surface area contributed by atoms with Crippen molar-refractivity contribution in [3.8, 4) is 17.4 Å². The molecule has 0 amide bonds. The molecule has 1 N–H and O–H groups in total. The van der Waals surface area contributed by atoms with Crippen molar-refractivity contribution in [1.29, 1.82) is 0 Å². The maximum Gasteiger partial charge on any atom is 0.451 e. The Balaban J connectivity index is 2.03. The SMILES string of the molecule is COC(=O)C1C[C@@H](Oc2nc(C(F)(F)F)nc3cc(OC)c(OC)cc23)CN1. The Bertz CT molecular complexity index is 890. The topological polar surface area (TPSA) is 91.8 Å². The minimum absolute atomic E-state index is 0.00884. The lowest BCUT2D eigenvalue weighted by molar-refractivity contribution is -0.145. The van der Waals surface area contributed by atoms with E-state index < -0.39 is 30.1 Å². The van der Waals surface area contributed by atoms with E-state index in [1.165, 1.54) is 33.5 Å². The molecule has 2 aromatic rings. The first kappa shape index (κ1) is 19.9. The van der Waals surface area contributed by atoms with Crippen LogP contribution in [0.2, 0.25) is 0 Å². The maximum atomic E-state index is 13.2. The third-order valence-electron chi connectivity index (χ3n) is 4.27. The smallest absolute Gasteiger partial charge is 0.451 e. The first-order chi connectivity index (χ1) is 13.3. The van der Waals surface area contributed by atoms with Gasteiger partial charge in [-0.25, -0.2) is 4.98 Å². The van der Waals surface area contributed by atoms with Crippen molar-refractivity contribution in [3.05, 3.63) is 18.0 Å². The molecular formula is C17H18F3N3O5. The molecule has 2 heterocycles. The van der Waals surface area contributed by atoms with Crippen LogP contribution < -0.4 is 19.5 Å². The zero-order chi connectivity index (χ0) is 20.5. The Morgan fingerprint density at radius 2 is 1.82 bits per heavy atom. The predicted octanol–water partition coefficient (Wildman–Crippen LogP) is 1.95. The van der Waals surface area contributed by atoms with Crippen LogP contribution in [0.15, 0.2) is 12.1 Å². The molecular weight excluding hydrogens is 383 g/mol. The van der Waals surface area contributed by atoms with Gasteiger partial charge in [-0.05, 0) is 6.07 Å². The molecule has 2 atom stereocenters. The lowest BCUT2D eigenvalue weighted by atomic mass is 10.2. The number of methoxy groups -OCH3 is 3. The monoisotopic (exact) mass is 401 g/mol. The highest BCUT2D eigenvalue weighted by molar-refractivity contribution is 5.87. The van der Waals surface area contributed by atoms with Gasteiger partial charge in [-0.1, -0.05) is 0 Å². The van der Waals surface area contributed by atoms with Crippen LogP contribution in [-0.4, -0.2) is 56.0 Å². The lowest BCUT2D eigenvalue weighted by Gasteiger charge is -2.17. The number of halogens is 3. The Hall–Kier alpha value is -2.82. The van der Waals surface area contributed by atoms with Crippen LogP contribution in [0.4, 0.5) is 13.2 Å². The highest BCUT2D eigenvalue weighted by Gasteiger charge is 2.37. The van der Waals surface area contributed by atoms with Gasteiger partial charge in [-0.2, -0.15) is 18.2 Å². The molecule has 1 aromatic heterocycles. The number of rotatable bonds is 5. The quantitative estimate of drug-likeness (QED) is 0.761. The first-order valence-electron chi connectivity index (χ1n) is 8.25. The van der Waals surface area contributed by atoms with E-state index in [9.17, 15) is 18.0 Å². The number of esters is 1. The Morgan fingerprint density at radius 3 is 2.43 bits per heavy atom. The summed E-state index contributed by atoms with van der Waals surface area (Å²) in [4.78, 5) is 18.8. The lowest BCUT2D eigenvalue weighted by Crippen LogP contribution is -2.31. The van der Waals surface area contributed by atoms with Gasteiger partial charge < -0.3 is 24.3 Å². The van der Waals surface area contributed by atoms with Gasteiger partial charge in [0.05, 0.1) is 32.2 Å². The summed E-state index contributed by atoms with van der Waals surface area (Å²) in [7, 11) is 4.02. The minimum atomic E-state index is -4.76. The van der Waals surface area contributed by atoms with Gasteiger partial charge >= 0.3 is 12.1 Å². The number of hydrogen-bond donors (Lipinski definition) is 1. The fourth-order valence-corrected chi connectivity index (χ4v) is 2.92. The summed E-state index contributed by atoms with van der Waals surface area (Å²) >= 11 is 0. The number of nitrogens with one attached hydrogen (secondary N) is 1. The zero-order valence-electron chi connectivity index (χ0n) is 15.3. The van der Waals surface area contributed by atoms with E-state index in [1.54, 1.807) is 0 Å². The maximum absolute atomic E-state index is 13.2. The molecule has 152 valence electrons. The van der Waals surface area contributed by atoms with Crippen molar-refractivity contribution < 1.29 is 36.9 Å². The number of fused-ring (bicyclic) bond motifs is 1. The van der Waals surface area contributed by atoms with Crippen molar-refractivity contribution in [1.82, 2.24) is 15.3 Å². The Labute approximate surface area is 157 Å². The number of nitrogens with zero attached hydrogens (tertiary/aromatic N) is 2. The summed E-state index contributed by atoms with van der Waals surface area (Å²) in [5, 5.41) is 3.13. The van der Waals surface area contributed by atoms with Crippen molar-refractivity contribution in [2.45, 2.75) is 24.7 Å². The molecule has 1 fully saturated rings. The number of alkyl halides is 3. The molecule has 0 radical (unpaired) electrons. The molecule has 0 spiro atoms. The summed E-state index contributed by atoms with van der Waals surface area (Å²) < 4.78 is 60.4. The van der Waals surface area contributed by atoms with Crippen LogP contribution in [0.25, 0.3) is 10.9 Å². The predicted molar refractivity (Wildman–Crippen MR) is 90.5 cm³/mol. The molecule has 11 heteroatoms. The van der Waals surface area contributed by atoms with E-state index in [0.717, 1.165) is 0 Å². The molecule has 3 rings (SSSR count). The standard InChI is InChI=1S/C17H18F3N3O5/c1-25-12-5-9-10(6-13(12)26-2)22-16(17(18,19)20)23-14(9)28-8-4-11(21-7-8)15(24)27-3/h5-6,8,11,21H,4,7H2,1-3H3/t8-,11?/m1/s1. The van der Waals surface area contributed by atoms with E-state index in [4.69, 9.17) is 14.2 Å². The molecule has 0 aliphatic carbocycles. The van der Waals surface area contributed by atoms with Gasteiger partial charge in [0.1, 0.15) is 12.1 Å². The normalized spacial score (nSPS) is 19.5. The van der Waals surface area contributed by atoms with E-state index in [-0.39, 0.29) is 35.5 Å². The molecule has 0 bridgehead atoms. The molecule has 1 aromatic carbocycles. The number of hydrogen-bond acceptors (Lipinski definition) is 8. The van der Waals surface area contributed by atoms with Gasteiger partial charge in [-0.15, -0.1) is 0 Å². The molecule has 8 nitrogen and oxygen atoms in total. The third kappa shape index (κ3) is 3.88. The van der Waals surface area contributed by atoms with Gasteiger partial charge in [0, 0.05) is 19.0 Å². The van der Waals surface area contributed by atoms with Crippen LogP contribution in [0.5, 0.6) is 17.4 Å². The highest BCUT2D eigenvalue weighted by Crippen LogP contribution is 2.37. The minimum Gasteiger partial charge on any atom is -0.493 e. The molecule has 1 unspecified atom stereocenters. The number of ether oxygens (including phenoxy) is 4. The zero-order valence-corrected chi connectivity index (χ0v) is 15.3. The summed E-state index contributed by atoms with van der Waals surface area (Å²) in [6.07, 6.45) is -5.11. The highest BCUT2D eigenvalue weighted by atomic mass is 19.4. The second-order valence-corrected chi connectivity index (χ2v) is 6.03. The van der Waals surface area contributed by atoms with E-state index in [2.05, 4.69) is 20.0 Å². The molecule has 28 heavy (non-hydrogen) atoms. The second-order valence-electron chi connectivity index (χ2n) is 6.03. The summed E-state index contributed by atoms with van der Waals surface area (Å²) in [5.41, 5.74) is -0.00884. The van der Waals surface area contributed by atoms with Crippen molar-refractivity contribution in [2.24, 2.45) is 0 Å². The molecule has 1 aliphatic rings. The average Bonchev–Trinajstić information content (AvgIpc) is 3.13. The van der Waals surface area contributed by atoms with Crippen LogP contribution in [0.1, 0.15) is 12.2 Å². The summed E-state index contributed by atoms with van der Waals surface area (Å²) in [6.45, 7) is 0.250. The van der Waals surface area contributed by atoms with Crippen molar-refractivity contribution in [2.75, 3.05) is 27.9 Å². The van der Waals surface area contributed by atoms with Crippen LogP contribution in [0.3, 0.4) is 0 Å². The van der Waals surface area contributed by atoms with Crippen LogP contribution in [0, 0.1) is 0 Å². The van der Waals surface area contributed by atoms with Crippen LogP contribution >= 0.6 is 0 Å². The second kappa shape index (κ2) is 7.66. The Morgan fingerprint density at radius 1 is 1.14 bits per heavy atom. The van der Waals surface area contributed by atoms with E-state index in [1.807, 2.05) is 0 Å². The van der Waals surface area contributed by atoms with Crippen molar-refractivity contribution >= 4 is 16.9 Å². The average molecular weight is 401 g/mol. The summed E-state index contributed by atoms with van der Waals surface area (Å²) in [5.74, 6) is -1.55. The number of benzene rings is 1. The largest absolute Gasteiger partial charge is 0.493 e. The number of carbonyl (C=O) groups is 1. The molecule has 0 saturated carbocycles. The van der Waals surface area contributed by atoms with Gasteiger partial charge in [0.2, 0.25) is 11.7 Å². The summed E-state index contributed by atoms with van der Waals surface area (Å²) in [6, 6.07) is 2.17. The Kier molecular flexibility index (Phi) is 5.45. The van der Waals surface area contributed by atoms with Crippen LogP contribution in [-0.2, 0) is 15.7 Å². The fraction of sp³-hybridized carbons (Fsp3) is 0.471. The van der Waals surface area contributed by atoms with E-state index in [0.29, 0.717) is 5.75 Å². The van der Waals surface area contributed by atoms with E-state index >= 15 is 0 Å². The molecule has 1 saturated heterocycles. The van der Waals surface area contributed by atoms with Gasteiger partial charge in [-0.3, -0.25) is 4.79 Å². The third-order valence-corrected chi connectivity index (χ3v) is 4.27. The fourth-order valence-electron chi connectivity index (χ4n) is 2.92. The number of aromatic nitrogens is 2. The van der Waals surface area contributed by atoms with Crippen molar-refractivity contribution in [3.63, 3.8) is 0 Å². The first-order valence-corrected chi connectivity index (χ1v) is 8.25. The van der Waals surface area contributed by atoms with Gasteiger partial charge in [0.15, 0.2) is 11.5 Å².